The number of furan rings is 1. The first kappa shape index (κ1) is 24.2. The molecule has 2 heterocycles. The number of allylic oxidation sites excluding steroid dienone is 1. The van der Waals surface area contributed by atoms with Crippen molar-refractivity contribution in [2.45, 2.75) is 20.8 Å². The zero-order valence-corrected chi connectivity index (χ0v) is 21.4. The average Bonchev–Trinajstić information content (AvgIpc) is 3.42. The normalized spacial score (nSPS) is 11.5. The smallest absolute Gasteiger partial charge is 0.265 e. The lowest BCUT2D eigenvalue weighted by Crippen LogP contribution is -2.21. The molecule has 0 saturated heterocycles. The van der Waals surface area contributed by atoms with Gasteiger partial charge in [0.1, 0.15) is 16.2 Å². The molecule has 0 spiro atoms. The second kappa shape index (κ2) is 9.76. The Hall–Kier alpha value is -3.91. The van der Waals surface area contributed by atoms with Crippen molar-refractivity contribution in [3.8, 4) is 16.9 Å². The van der Waals surface area contributed by atoms with E-state index in [1.54, 1.807) is 34.4 Å². The summed E-state index contributed by atoms with van der Waals surface area (Å²) in [7, 11) is 4.97. The van der Waals surface area contributed by atoms with Crippen LogP contribution in [0.15, 0.2) is 53.2 Å². The van der Waals surface area contributed by atoms with E-state index < -0.39 is 0 Å². The fourth-order valence-electron chi connectivity index (χ4n) is 3.98. The lowest BCUT2D eigenvalue weighted by molar-refractivity contribution is -0.111. The highest BCUT2D eigenvalue weighted by Crippen LogP contribution is 2.40. The van der Waals surface area contributed by atoms with Crippen molar-refractivity contribution in [3.63, 3.8) is 0 Å². The number of thiazole rings is 1. The van der Waals surface area contributed by atoms with Crippen LogP contribution in [0.5, 0.6) is 5.75 Å². The number of hydrogen-bond donors (Lipinski definition) is 1. The van der Waals surface area contributed by atoms with E-state index in [1.807, 2.05) is 50.2 Å². The molecule has 0 atom stereocenters. The number of aromatic nitrogens is 1. The Labute approximate surface area is 208 Å². The highest BCUT2D eigenvalue weighted by Gasteiger charge is 2.20. The third kappa shape index (κ3) is 4.70. The number of nitrogens with one attached hydrogen (secondary N) is 1. The van der Waals surface area contributed by atoms with E-state index in [1.165, 1.54) is 11.0 Å². The number of benzene rings is 2. The minimum Gasteiger partial charge on any atom is -0.496 e. The zero-order valence-electron chi connectivity index (χ0n) is 20.6. The number of carbonyl (C=O) groups excluding carboxylic acids is 2. The monoisotopic (exact) mass is 489 g/mol. The zero-order chi connectivity index (χ0) is 25.3. The third-order valence-corrected chi connectivity index (χ3v) is 6.79. The first-order valence-electron chi connectivity index (χ1n) is 11.0. The average molecular weight is 490 g/mol. The molecule has 7 nitrogen and oxygen atoms in total. The lowest BCUT2D eigenvalue weighted by Gasteiger charge is -2.13. The number of rotatable bonds is 6. The molecule has 0 unspecified atom stereocenters. The fraction of sp³-hybridized carbons (Fsp3) is 0.222. The Morgan fingerprint density at radius 2 is 1.89 bits per heavy atom. The highest BCUT2D eigenvalue weighted by molar-refractivity contribution is 7.17. The Bertz CT molecular complexity index is 1450. The first-order valence-corrected chi connectivity index (χ1v) is 11.9. The van der Waals surface area contributed by atoms with Crippen molar-refractivity contribution in [1.82, 2.24) is 9.88 Å². The summed E-state index contributed by atoms with van der Waals surface area (Å²) in [6.07, 6.45) is 3.26. The molecule has 0 radical (unpaired) electrons. The number of fused-ring (bicyclic) bond motifs is 1. The molecule has 0 aliphatic heterocycles. The van der Waals surface area contributed by atoms with Crippen molar-refractivity contribution in [2.24, 2.45) is 0 Å². The molecular formula is C27H27N3O4S. The molecule has 2 amide bonds. The first-order chi connectivity index (χ1) is 16.7. The van der Waals surface area contributed by atoms with Gasteiger partial charge in [0.25, 0.3) is 5.91 Å². The Morgan fingerprint density at radius 1 is 1.17 bits per heavy atom. The van der Waals surface area contributed by atoms with E-state index >= 15 is 0 Å². The van der Waals surface area contributed by atoms with Crippen molar-refractivity contribution < 1.29 is 18.7 Å². The second-order valence-electron chi connectivity index (χ2n) is 8.42. The maximum atomic E-state index is 12.8. The predicted molar refractivity (Wildman–Crippen MR) is 140 cm³/mol. The van der Waals surface area contributed by atoms with Crippen LogP contribution < -0.4 is 10.1 Å². The van der Waals surface area contributed by atoms with Crippen molar-refractivity contribution in [2.75, 3.05) is 26.5 Å². The molecule has 0 fully saturated rings. The number of hydrogen-bond acceptors (Lipinski definition) is 6. The van der Waals surface area contributed by atoms with Gasteiger partial charge >= 0.3 is 0 Å². The molecule has 0 bridgehead atoms. The molecule has 8 heteroatoms. The number of amides is 2. The second-order valence-corrected chi connectivity index (χ2v) is 9.42. The van der Waals surface area contributed by atoms with Gasteiger partial charge in [0, 0.05) is 42.2 Å². The van der Waals surface area contributed by atoms with Gasteiger partial charge in [-0.05, 0) is 38.0 Å². The van der Waals surface area contributed by atoms with Crippen molar-refractivity contribution in [3.05, 3.63) is 70.4 Å². The van der Waals surface area contributed by atoms with Gasteiger partial charge in [-0.3, -0.25) is 14.9 Å². The van der Waals surface area contributed by atoms with Crippen LogP contribution in [0.2, 0.25) is 0 Å². The molecule has 1 N–H and O–H groups in total. The van der Waals surface area contributed by atoms with Gasteiger partial charge < -0.3 is 14.1 Å². The number of methoxy groups -OCH3 is 1. The molecule has 35 heavy (non-hydrogen) atoms. The van der Waals surface area contributed by atoms with Crippen molar-refractivity contribution >= 4 is 44.8 Å². The van der Waals surface area contributed by atoms with Gasteiger partial charge in [-0.25, -0.2) is 4.98 Å². The van der Waals surface area contributed by atoms with Crippen LogP contribution in [-0.2, 0) is 4.79 Å². The molecular weight excluding hydrogens is 462 g/mol. The standard InChI is InChI=1S/C27H27N3O4S/c1-15(12-22(31)29-27-28-17(3)25(35-27)26(32)30(4)5)19-13-20-21(18-10-8-7-9-11-18)14-34-24(20)16(2)23(19)33-6/h7-14H,1-6H3,(H,28,29,31)/b15-12+. The van der Waals surface area contributed by atoms with Crippen LogP contribution >= 0.6 is 11.3 Å². The molecule has 2 aromatic heterocycles. The Kier molecular flexibility index (Phi) is 6.75. The summed E-state index contributed by atoms with van der Waals surface area (Å²) in [5.41, 5.74) is 5.73. The van der Waals surface area contributed by atoms with Crippen LogP contribution in [0.1, 0.15) is 33.4 Å². The SMILES string of the molecule is COc1c(/C(C)=C/C(=O)Nc2nc(C)c(C(=O)N(C)C)s2)cc2c(-c3ccccc3)coc2c1C. The van der Waals surface area contributed by atoms with E-state index in [9.17, 15) is 9.59 Å². The van der Waals surface area contributed by atoms with Crippen LogP contribution in [0, 0.1) is 13.8 Å². The van der Waals surface area contributed by atoms with E-state index in [-0.39, 0.29) is 11.8 Å². The van der Waals surface area contributed by atoms with Gasteiger partial charge in [0.2, 0.25) is 5.91 Å². The van der Waals surface area contributed by atoms with Gasteiger partial charge in [-0.2, -0.15) is 0 Å². The minimum absolute atomic E-state index is 0.143. The van der Waals surface area contributed by atoms with E-state index in [4.69, 9.17) is 9.15 Å². The van der Waals surface area contributed by atoms with Gasteiger partial charge in [-0.15, -0.1) is 0 Å². The third-order valence-electron chi connectivity index (χ3n) is 5.73. The number of ether oxygens (including phenoxy) is 1. The topological polar surface area (TPSA) is 84.7 Å². The molecule has 4 aromatic rings. The summed E-state index contributed by atoms with van der Waals surface area (Å²) >= 11 is 1.16. The van der Waals surface area contributed by atoms with E-state index in [0.717, 1.165) is 50.1 Å². The largest absolute Gasteiger partial charge is 0.496 e. The summed E-state index contributed by atoms with van der Waals surface area (Å²) in [6, 6.07) is 12.0. The van der Waals surface area contributed by atoms with Crippen LogP contribution in [0.3, 0.4) is 0 Å². The maximum absolute atomic E-state index is 12.8. The van der Waals surface area contributed by atoms with E-state index in [2.05, 4.69) is 10.3 Å². The van der Waals surface area contributed by atoms with Gasteiger partial charge in [0.15, 0.2) is 5.13 Å². The van der Waals surface area contributed by atoms with Gasteiger partial charge in [0.05, 0.1) is 19.1 Å². The maximum Gasteiger partial charge on any atom is 0.265 e. The number of carbonyl (C=O) groups is 2. The lowest BCUT2D eigenvalue weighted by atomic mass is 9.96. The summed E-state index contributed by atoms with van der Waals surface area (Å²) in [6.45, 7) is 5.55. The molecule has 4 rings (SSSR count). The minimum atomic E-state index is -0.338. The molecule has 2 aromatic carbocycles. The van der Waals surface area contributed by atoms with Crippen LogP contribution in [0.4, 0.5) is 5.13 Å². The van der Waals surface area contributed by atoms with Gasteiger partial charge in [-0.1, -0.05) is 41.7 Å². The predicted octanol–water partition coefficient (Wildman–Crippen LogP) is 5.93. The van der Waals surface area contributed by atoms with Crippen LogP contribution in [-0.4, -0.2) is 42.9 Å². The van der Waals surface area contributed by atoms with Crippen LogP contribution in [0.25, 0.3) is 27.7 Å². The van der Waals surface area contributed by atoms with Crippen molar-refractivity contribution in [1.29, 1.82) is 0 Å². The summed E-state index contributed by atoms with van der Waals surface area (Å²) in [5.74, 6) is 0.169. The number of nitrogens with zero attached hydrogens (tertiary/aromatic N) is 2. The highest BCUT2D eigenvalue weighted by atomic mass is 32.1. The molecule has 180 valence electrons. The Balaban J connectivity index is 1.69. The van der Waals surface area contributed by atoms with E-state index in [0.29, 0.717) is 21.5 Å². The molecule has 0 aliphatic rings. The summed E-state index contributed by atoms with van der Waals surface area (Å²) in [5, 5.41) is 4.10. The molecule has 0 aliphatic carbocycles. The Morgan fingerprint density at radius 3 is 2.54 bits per heavy atom. The number of aryl methyl sites for hydroxylation is 2. The fourth-order valence-corrected chi connectivity index (χ4v) is 4.97. The number of anilines is 1. The molecule has 0 saturated carbocycles. The summed E-state index contributed by atoms with van der Waals surface area (Å²) < 4.78 is 11.6. The summed E-state index contributed by atoms with van der Waals surface area (Å²) in [4.78, 5) is 31.4. The quantitative estimate of drug-likeness (QED) is 0.340.